The van der Waals surface area contributed by atoms with E-state index < -0.39 is 0 Å². The molecule has 1 aromatic carbocycles. The first-order valence-corrected chi connectivity index (χ1v) is 8.17. The summed E-state index contributed by atoms with van der Waals surface area (Å²) in [5.41, 5.74) is 2.47. The van der Waals surface area contributed by atoms with Crippen LogP contribution in [0.4, 0.5) is 0 Å². The topological polar surface area (TPSA) is 30.7 Å². The van der Waals surface area contributed by atoms with Gasteiger partial charge in [-0.2, -0.15) is 0 Å². The minimum atomic E-state index is 0.0455. The van der Waals surface area contributed by atoms with E-state index in [1.807, 2.05) is 12.1 Å². The molecule has 0 amide bonds. The fourth-order valence-corrected chi connectivity index (χ4v) is 3.15. The highest BCUT2D eigenvalue weighted by atomic mass is 15.5. The number of para-hydroxylation sites is 1. The maximum atomic E-state index is 4.52. The molecule has 1 aromatic heterocycles. The minimum Gasteiger partial charge on any atom is -0.239 e. The fourth-order valence-electron chi connectivity index (χ4n) is 3.15. The van der Waals surface area contributed by atoms with E-state index in [1.165, 1.54) is 0 Å². The lowest BCUT2D eigenvalue weighted by Gasteiger charge is -2.41. The number of hydrogen-bond donors (Lipinski definition) is 0. The van der Waals surface area contributed by atoms with E-state index in [-0.39, 0.29) is 11.0 Å². The van der Waals surface area contributed by atoms with Crippen LogP contribution in [0.5, 0.6) is 0 Å². The van der Waals surface area contributed by atoms with Crippen LogP contribution in [-0.2, 0) is 5.54 Å². The number of benzene rings is 1. The quantitative estimate of drug-likeness (QED) is 0.747. The summed E-state index contributed by atoms with van der Waals surface area (Å²) < 4.78 is 2.19. The Hall–Kier alpha value is -1.38. The van der Waals surface area contributed by atoms with Crippen molar-refractivity contribution >= 4 is 11.0 Å². The van der Waals surface area contributed by atoms with Gasteiger partial charge in [-0.15, -0.1) is 5.10 Å². The van der Waals surface area contributed by atoms with Crippen molar-refractivity contribution in [3.63, 3.8) is 0 Å². The molecule has 0 unspecified atom stereocenters. The molecule has 0 bridgehead atoms. The van der Waals surface area contributed by atoms with Crippen LogP contribution in [0.2, 0.25) is 0 Å². The predicted molar refractivity (Wildman–Crippen MR) is 89.3 cm³/mol. The van der Waals surface area contributed by atoms with Gasteiger partial charge < -0.3 is 0 Å². The molecule has 21 heavy (non-hydrogen) atoms. The van der Waals surface area contributed by atoms with Gasteiger partial charge in [-0.1, -0.05) is 58.9 Å². The molecule has 2 aromatic rings. The SMILES string of the molecule is CCC(CC)(CC(C)(C)C(C)C)n1nnc2ccccc21. The number of aromatic nitrogens is 3. The maximum Gasteiger partial charge on any atom is 0.113 e. The number of rotatable bonds is 6. The molecule has 0 atom stereocenters. The first kappa shape index (κ1) is 16.0. The highest BCUT2D eigenvalue weighted by molar-refractivity contribution is 5.74. The summed E-state index contributed by atoms with van der Waals surface area (Å²) in [7, 11) is 0. The fraction of sp³-hybridized carbons (Fsp3) is 0.667. The summed E-state index contributed by atoms with van der Waals surface area (Å²) in [6, 6.07) is 8.28. The Labute approximate surface area is 128 Å². The van der Waals surface area contributed by atoms with Crippen molar-refractivity contribution in [1.82, 2.24) is 15.0 Å². The average Bonchev–Trinajstić information content (AvgIpc) is 2.89. The van der Waals surface area contributed by atoms with Gasteiger partial charge in [0.15, 0.2) is 0 Å². The highest BCUT2D eigenvalue weighted by Crippen LogP contribution is 2.42. The van der Waals surface area contributed by atoms with Crippen LogP contribution in [0.3, 0.4) is 0 Å². The largest absolute Gasteiger partial charge is 0.239 e. The zero-order chi connectivity index (χ0) is 15.7. The molecule has 0 radical (unpaired) electrons. The number of fused-ring (bicyclic) bond motifs is 1. The van der Waals surface area contributed by atoms with Gasteiger partial charge in [-0.3, -0.25) is 0 Å². The Morgan fingerprint density at radius 2 is 1.71 bits per heavy atom. The van der Waals surface area contributed by atoms with Gasteiger partial charge in [-0.05, 0) is 42.7 Å². The van der Waals surface area contributed by atoms with Gasteiger partial charge in [0.2, 0.25) is 0 Å². The van der Waals surface area contributed by atoms with Crippen molar-refractivity contribution in [3.8, 4) is 0 Å². The Morgan fingerprint density at radius 3 is 2.29 bits per heavy atom. The van der Waals surface area contributed by atoms with Crippen molar-refractivity contribution in [2.75, 3.05) is 0 Å². The molecule has 3 heteroatoms. The molecule has 0 aliphatic rings. The molecule has 116 valence electrons. The van der Waals surface area contributed by atoms with Gasteiger partial charge in [0, 0.05) is 0 Å². The predicted octanol–water partition coefficient (Wildman–Crippen LogP) is 5.02. The molecule has 3 nitrogen and oxygen atoms in total. The Kier molecular flexibility index (Phi) is 4.40. The molecule has 0 saturated carbocycles. The second-order valence-corrected chi connectivity index (χ2v) is 7.24. The van der Waals surface area contributed by atoms with Gasteiger partial charge in [0.05, 0.1) is 11.1 Å². The monoisotopic (exact) mass is 287 g/mol. The molecule has 2 rings (SSSR count). The smallest absolute Gasteiger partial charge is 0.113 e. The third kappa shape index (κ3) is 2.83. The standard InChI is InChI=1S/C18H29N3/c1-7-18(8-2,13-17(5,6)14(3)4)21-16-12-10-9-11-15(16)19-20-21/h9-12,14H,7-8,13H2,1-6H3. The van der Waals surface area contributed by atoms with E-state index in [2.05, 4.69) is 68.7 Å². The average molecular weight is 287 g/mol. The van der Waals surface area contributed by atoms with Gasteiger partial charge >= 0.3 is 0 Å². The van der Waals surface area contributed by atoms with E-state index in [9.17, 15) is 0 Å². The lowest BCUT2D eigenvalue weighted by molar-refractivity contribution is 0.101. The van der Waals surface area contributed by atoms with Crippen molar-refractivity contribution in [2.45, 2.75) is 66.3 Å². The first-order chi connectivity index (χ1) is 9.86. The number of hydrogen-bond acceptors (Lipinski definition) is 2. The van der Waals surface area contributed by atoms with Crippen LogP contribution in [0.25, 0.3) is 11.0 Å². The molecule has 0 aliphatic carbocycles. The van der Waals surface area contributed by atoms with Crippen molar-refractivity contribution < 1.29 is 0 Å². The van der Waals surface area contributed by atoms with E-state index in [4.69, 9.17) is 0 Å². The Bertz CT molecular complexity index is 591. The van der Waals surface area contributed by atoms with Crippen LogP contribution in [-0.4, -0.2) is 15.0 Å². The summed E-state index contributed by atoms with van der Waals surface area (Å²) in [5.74, 6) is 0.643. The van der Waals surface area contributed by atoms with Crippen LogP contribution in [0.1, 0.15) is 60.8 Å². The van der Waals surface area contributed by atoms with E-state index in [1.54, 1.807) is 0 Å². The summed E-state index contributed by atoms with van der Waals surface area (Å²) in [6.07, 6.45) is 3.28. The molecule has 1 heterocycles. The van der Waals surface area contributed by atoms with Crippen LogP contribution < -0.4 is 0 Å². The summed E-state index contributed by atoms with van der Waals surface area (Å²) in [5, 5.41) is 8.89. The van der Waals surface area contributed by atoms with Gasteiger partial charge in [0.1, 0.15) is 5.52 Å². The van der Waals surface area contributed by atoms with Crippen molar-refractivity contribution in [3.05, 3.63) is 24.3 Å². The lowest BCUT2D eigenvalue weighted by Crippen LogP contribution is -2.39. The first-order valence-electron chi connectivity index (χ1n) is 8.17. The van der Waals surface area contributed by atoms with Crippen LogP contribution in [0.15, 0.2) is 24.3 Å². The van der Waals surface area contributed by atoms with Gasteiger partial charge in [-0.25, -0.2) is 4.68 Å². The molecule has 0 saturated heterocycles. The van der Waals surface area contributed by atoms with E-state index >= 15 is 0 Å². The molecular weight excluding hydrogens is 258 g/mol. The summed E-state index contributed by atoms with van der Waals surface area (Å²) in [6.45, 7) is 13.9. The minimum absolute atomic E-state index is 0.0455. The zero-order valence-electron chi connectivity index (χ0n) is 14.3. The normalized spacial score (nSPS) is 13.3. The molecule has 0 aliphatic heterocycles. The summed E-state index contributed by atoms with van der Waals surface area (Å²) >= 11 is 0. The molecular formula is C18H29N3. The third-order valence-electron chi connectivity index (χ3n) is 5.46. The van der Waals surface area contributed by atoms with Gasteiger partial charge in [0.25, 0.3) is 0 Å². The van der Waals surface area contributed by atoms with E-state index in [0.29, 0.717) is 5.92 Å². The zero-order valence-corrected chi connectivity index (χ0v) is 14.3. The maximum absolute atomic E-state index is 4.52. The second kappa shape index (κ2) is 5.78. The molecule has 0 spiro atoms. The third-order valence-corrected chi connectivity index (χ3v) is 5.46. The Balaban J connectivity index is 2.52. The van der Waals surface area contributed by atoms with E-state index in [0.717, 1.165) is 30.3 Å². The number of nitrogens with zero attached hydrogens (tertiary/aromatic N) is 3. The highest BCUT2D eigenvalue weighted by Gasteiger charge is 2.38. The van der Waals surface area contributed by atoms with Crippen molar-refractivity contribution in [1.29, 1.82) is 0 Å². The lowest BCUT2D eigenvalue weighted by atomic mass is 9.70. The Morgan fingerprint density at radius 1 is 1.10 bits per heavy atom. The van der Waals surface area contributed by atoms with Crippen LogP contribution in [0, 0.1) is 11.3 Å². The van der Waals surface area contributed by atoms with Crippen LogP contribution >= 0.6 is 0 Å². The van der Waals surface area contributed by atoms with Crippen molar-refractivity contribution in [2.24, 2.45) is 11.3 Å². The molecule has 0 N–H and O–H groups in total. The molecule has 0 fully saturated rings. The second-order valence-electron chi connectivity index (χ2n) is 7.24. The summed E-state index contributed by atoms with van der Waals surface area (Å²) in [4.78, 5) is 0.